The van der Waals surface area contributed by atoms with Gasteiger partial charge in [-0.3, -0.25) is 4.79 Å². The van der Waals surface area contributed by atoms with Gasteiger partial charge in [0.05, 0.1) is 11.1 Å². The predicted molar refractivity (Wildman–Crippen MR) is 88.0 cm³/mol. The molecular formula is C17H22ClF3N2O. The van der Waals surface area contributed by atoms with Gasteiger partial charge >= 0.3 is 6.18 Å². The summed E-state index contributed by atoms with van der Waals surface area (Å²) in [4.78, 5) is 12.3. The molecule has 1 amide bonds. The van der Waals surface area contributed by atoms with E-state index in [4.69, 9.17) is 0 Å². The van der Waals surface area contributed by atoms with E-state index in [-0.39, 0.29) is 24.4 Å². The van der Waals surface area contributed by atoms with E-state index in [2.05, 4.69) is 10.6 Å². The van der Waals surface area contributed by atoms with Crippen LogP contribution in [-0.2, 0) is 16.5 Å². The molecule has 0 spiro atoms. The van der Waals surface area contributed by atoms with Crippen molar-refractivity contribution >= 4 is 18.3 Å². The topological polar surface area (TPSA) is 41.1 Å². The Balaban J connectivity index is 0.00000208. The van der Waals surface area contributed by atoms with Gasteiger partial charge in [-0.15, -0.1) is 12.4 Å². The van der Waals surface area contributed by atoms with E-state index in [9.17, 15) is 18.0 Å². The van der Waals surface area contributed by atoms with Crippen LogP contribution in [0.5, 0.6) is 0 Å². The van der Waals surface area contributed by atoms with Gasteiger partial charge in [-0.2, -0.15) is 13.2 Å². The molecule has 0 bridgehead atoms. The predicted octanol–water partition coefficient (Wildman–Crippen LogP) is 3.76. The van der Waals surface area contributed by atoms with Crippen LogP contribution in [0.4, 0.5) is 13.2 Å². The first-order valence-electron chi connectivity index (χ1n) is 8.11. The standard InChI is InChI=1S/C17H21F3N2O.ClH/c18-17(19,20)13-5-1-4-12(10-13)16(7-3-8-16)22-15(23)11-14-6-2-9-21-14;/h1,4-5,10,14,21H,2-3,6-9,11H2,(H,22,23);1H. The van der Waals surface area contributed by atoms with Crippen LogP contribution in [0.3, 0.4) is 0 Å². The quantitative estimate of drug-likeness (QED) is 0.856. The van der Waals surface area contributed by atoms with E-state index in [1.807, 2.05) is 0 Å². The lowest BCUT2D eigenvalue weighted by molar-refractivity contribution is -0.137. The van der Waals surface area contributed by atoms with Crippen LogP contribution in [-0.4, -0.2) is 18.5 Å². The Morgan fingerprint density at radius 1 is 1.29 bits per heavy atom. The zero-order valence-electron chi connectivity index (χ0n) is 13.3. The Hall–Kier alpha value is -1.27. The number of hydrogen-bond acceptors (Lipinski definition) is 2. The highest BCUT2D eigenvalue weighted by molar-refractivity contribution is 5.85. The first kappa shape index (κ1) is 19.1. The molecule has 1 aromatic carbocycles. The van der Waals surface area contributed by atoms with Crippen molar-refractivity contribution in [3.8, 4) is 0 Å². The van der Waals surface area contributed by atoms with Gasteiger partial charge in [0.15, 0.2) is 0 Å². The van der Waals surface area contributed by atoms with Gasteiger partial charge in [0.2, 0.25) is 5.91 Å². The molecule has 1 saturated heterocycles. The molecule has 1 aliphatic carbocycles. The minimum atomic E-state index is -4.36. The van der Waals surface area contributed by atoms with Crippen molar-refractivity contribution < 1.29 is 18.0 Å². The Labute approximate surface area is 145 Å². The van der Waals surface area contributed by atoms with Crippen molar-refractivity contribution in [3.63, 3.8) is 0 Å². The van der Waals surface area contributed by atoms with Crippen LogP contribution in [0, 0.1) is 0 Å². The maximum atomic E-state index is 12.9. The normalized spacial score (nSPS) is 22.4. The highest BCUT2D eigenvalue weighted by atomic mass is 35.5. The van der Waals surface area contributed by atoms with Crippen LogP contribution in [0.1, 0.15) is 49.7 Å². The first-order valence-corrected chi connectivity index (χ1v) is 8.11. The van der Waals surface area contributed by atoms with Crippen LogP contribution in [0.15, 0.2) is 24.3 Å². The highest BCUT2D eigenvalue weighted by Gasteiger charge is 2.41. The van der Waals surface area contributed by atoms with Gasteiger partial charge in [-0.05, 0) is 56.3 Å². The van der Waals surface area contributed by atoms with Crippen molar-refractivity contribution in [2.24, 2.45) is 0 Å². The van der Waals surface area contributed by atoms with E-state index >= 15 is 0 Å². The number of halogens is 4. The lowest BCUT2D eigenvalue weighted by Crippen LogP contribution is -2.51. The number of carbonyl (C=O) groups is 1. The van der Waals surface area contributed by atoms with Gasteiger partial charge < -0.3 is 10.6 Å². The number of carbonyl (C=O) groups excluding carboxylic acids is 1. The van der Waals surface area contributed by atoms with E-state index in [1.54, 1.807) is 6.07 Å². The second kappa shape index (κ2) is 7.31. The smallest absolute Gasteiger partial charge is 0.347 e. The Kier molecular flexibility index (Phi) is 5.81. The molecule has 1 aromatic rings. The molecule has 24 heavy (non-hydrogen) atoms. The summed E-state index contributed by atoms with van der Waals surface area (Å²) >= 11 is 0. The molecule has 2 N–H and O–H groups in total. The molecule has 0 aromatic heterocycles. The number of hydrogen-bond donors (Lipinski definition) is 2. The molecular weight excluding hydrogens is 341 g/mol. The summed E-state index contributed by atoms with van der Waals surface area (Å²) < 4.78 is 38.7. The summed E-state index contributed by atoms with van der Waals surface area (Å²) in [6, 6.07) is 5.53. The summed E-state index contributed by atoms with van der Waals surface area (Å²) in [5.41, 5.74) is -0.726. The lowest BCUT2D eigenvalue weighted by Gasteiger charge is -2.43. The number of benzene rings is 1. The molecule has 2 aliphatic rings. The fraction of sp³-hybridized carbons (Fsp3) is 0.588. The molecule has 7 heteroatoms. The molecule has 1 heterocycles. The largest absolute Gasteiger partial charge is 0.416 e. The average Bonchev–Trinajstić information content (AvgIpc) is 2.95. The van der Waals surface area contributed by atoms with Gasteiger partial charge in [-0.25, -0.2) is 0 Å². The van der Waals surface area contributed by atoms with Gasteiger partial charge in [-0.1, -0.05) is 12.1 Å². The average molecular weight is 363 g/mol. The number of amides is 1. The molecule has 1 saturated carbocycles. The zero-order chi connectivity index (χ0) is 16.5. The SMILES string of the molecule is Cl.O=C(CC1CCCN1)NC1(c2cccc(C(F)(F)F)c2)CCC1. The molecule has 134 valence electrons. The maximum Gasteiger partial charge on any atom is 0.416 e. The molecule has 2 fully saturated rings. The molecule has 1 atom stereocenters. The van der Waals surface area contributed by atoms with E-state index in [1.165, 1.54) is 12.1 Å². The van der Waals surface area contributed by atoms with Gasteiger partial charge in [0, 0.05) is 12.5 Å². The summed E-state index contributed by atoms with van der Waals surface area (Å²) in [5.74, 6) is -0.0819. The van der Waals surface area contributed by atoms with Crippen LogP contribution in [0.25, 0.3) is 0 Å². The fourth-order valence-corrected chi connectivity index (χ4v) is 3.48. The molecule has 1 aliphatic heterocycles. The van der Waals surface area contributed by atoms with E-state index < -0.39 is 17.3 Å². The van der Waals surface area contributed by atoms with Crippen LogP contribution < -0.4 is 10.6 Å². The third-order valence-corrected chi connectivity index (χ3v) is 4.92. The van der Waals surface area contributed by atoms with Crippen molar-refractivity contribution in [3.05, 3.63) is 35.4 Å². The molecule has 0 radical (unpaired) electrons. The fourth-order valence-electron chi connectivity index (χ4n) is 3.48. The third kappa shape index (κ3) is 4.03. The monoisotopic (exact) mass is 362 g/mol. The van der Waals surface area contributed by atoms with Crippen LogP contribution >= 0.6 is 12.4 Å². The van der Waals surface area contributed by atoms with E-state index in [0.29, 0.717) is 24.8 Å². The zero-order valence-corrected chi connectivity index (χ0v) is 14.1. The highest BCUT2D eigenvalue weighted by Crippen LogP contribution is 2.43. The second-order valence-corrected chi connectivity index (χ2v) is 6.56. The molecule has 3 nitrogen and oxygen atoms in total. The molecule has 3 rings (SSSR count). The summed E-state index contributed by atoms with van der Waals surface area (Å²) in [7, 11) is 0. The van der Waals surface area contributed by atoms with E-state index in [0.717, 1.165) is 31.9 Å². The lowest BCUT2D eigenvalue weighted by atomic mass is 9.71. The van der Waals surface area contributed by atoms with Crippen LogP contribution in [0.2, 0.25) is 0 Å². The Morgan fingerprint density at radius 2 is 2.04 bits per heavy atom. The first-order chi connectivity index (χ1) is 10.9. The minimum absolute atomic E-state index is 0. The van der Waals surface area contributed by atoms with Crippen molar-refractivity contribution in [1.29, 1.82) is 0 Å². The number of nitrogens with one attached hydrogen (secondary N) is 2. The third-order valence-electron chi connectivity index (χ3n) is 4.92. The maximum absolute atomic E-state index is 12.9. The summed E-state index contributed by atoms with van der Waals surface area (Å²) in [5, 5.41) is 6.27. The van der Waals surface area contributed by atoms with Crippen molar-refractivity contribution in [2.45, 2.75) is 56.3 Å². The second-order valence-electron chi connectivity index (χ2n) is 6.56. The Morgan fingerprint density at radius 3 is 2.58 bits per heavy atom. The molecule has 1 unspecified atom stereocenters. The minimum Gasteiger partial charge on any atom is -0.347 e. The number of alkyl halides is 3. The number of rotatable bonds is 4. The Bertz CT molecular complexity index is 581. The van der Waals surface area contributed by atoms with Crippen molar-refractivity contribution in [2.75, 3.05) is 6.54 Å². The van der Waals surface area contributed by atoms with Crippen molar-refractivity contribution in [1.82, 2.24) is 10.6 Å². The summed E-state index contributed by atoms with van der Waals surface area (Å²) in [6.07, 6.45) is 0.370. The van der Waals surface area contributed by atoms with Gasteiger partial charge in [0.25, 0.3) is 0 Å². The summed E-state index contributed by atoms with van der Waals surface area (Å²) in [6.45, 7) is 0.927. The van der Waals surface area contributed by atoms with Gasteiger partial charge in [0.1, 0.15) is 0 Å².